The predicted molar refractivity (Wildman–Crippen MR) is 131 cm³/mol. The van der Waals surface area contributed by atoms with Crippen molar-refractivity contribution in [1.82, 2.24) is 19.7 Å². The zero-order valence-corrected chi connectivity index (χ0v) is 19.8. The van der Waals surface area contributed by atoms with Gasteiger partial charge in [-0.3, -0.25) is 9.58 Å². The fraction of sp³-hybridized carbons (Fsp3) is 0.333. The van der Waals surface area contributed by atoms with Gasteiger partial charge in [-0.1, -0.05) is 12.1 Å². The molecule has 0 bridgehead atoms. The molecule has 0 amide bonds. The van der Waals surface area contributed by atoms with Crippen molar-refractivity contribution in [2.45, 2.75) is 38.3 Å². The van der Waals surface area contributed by atoms with Crippen molar-refractivity contribution in [3.05, 3.63) is 82.8 Å². The summed E-state index contributed by atoms with van der Waals surface area (Å²) < 4.78 is 7.78. The van der Waals surface area contributed by atoms with Crippen molar-refractivity contribution >= 4 is 16.9 Å². The quantitative estimate of drug-likeness (QED) is 0.423. The van der Waals surface area contributed by atoms with Crippen LogP contribution < -0.4 is 4.74 Å². The Morgan fingerprint density at radius 3 is 2.71 bits per heavy atom. The summed E-state index contributed by atoms with van der Waals surface area (Å²) in [5, 5.41) is 14.9. The van der Waals surface area contributed by atoms with Crippen LogP contribution in [0, 0.1) is 6.92 Å². The first-order valence-corrected chi connectivity index (χ1v) is 11.6. The number of carboxylic acids is 1. The van der Waals surface area contributed by atoms with Crippen molar-refractivity contribution in [1.29, 1.82) is 0 Å². The standard InChI is InChI=1S/C27H30N4O3/c1-17-14-25(34-3)22(21-8-11-28-26(17)21)16-31-13-10-20(23-9-12-29-30(23)2)15-24(31)18-4-6-19(7-5-18)27(32)33/h4-9,11-12,14,20,24,28H,10,13,15-16H2,1-3H3,(H,32,33)/t20?,24-/m0/s1. The second kappa shape index (κ2) is 8.99. The van der Waals surface area contributed by atoms with Gasteiger partial charge in [-0.25, -0.2) is 4.79 Å². The molecule has 2 atom stereocenters. The Labute approximate surface area is 199 Å². The number of hydrogen-bond donors (Lipinski definition) is 2. The largest absolute Gasteiger partial charge is 0.496 e. The molecule has 4 aromatic rings. The molecule has 2 aromatic carbocycles. The Hall–Kier alpha value is -3.58. The highest BCUT2D eigenvalue weighted by atomic mass is 16.5. The average Bonchev–Trinajstić information content (AvgIpc) is 3.50. The lowest BCUT2D eigenvalue weighted by Crippen LogP contribution is -2.36. The highest BCUT2D eigenvalue weighted by Gasteiger charge is 2.32. The zero-order chi connectivity index (χ0) is 23.8. The molecule has 7 heteroatoms. The number of methoxy groups -OCH3 is 1. The minimum absolute atomic E-state index is 0.150. The third-order valence-electron chi connectivity index (χ3n) is 7.23. The number of carboxylic acid groups (broad SMARTS) is 1. The van der Waals surface area contributed by atoms with Crippen LogP contribution in [0.3, 0.4) is 0 Å². The van der Waals surface area contributed by atoms with Crippen molar-refractivity contribution in [2.24, 2.45) is 7.05 Å². The van der Waals surface area contributed by atoms with Gasteiger partial charge in [0.05, 0.1) is 12.7 Å². The van der Waals surface area contributed by atoms with Crippen LogP contribution in [0.15, 0.2) is 54.9 Å². The monoisotopic (exact) mass is 458 g/mol. The number of aryl methyl sites for hydroxylation is 2. The van der Waals surface area contributed by atoms with E-state index in [4.69, 9.17) is 4.74 Å². The molecular formula is C27H30N4O3. The number of piperidine rings is 1. The summed E-state index contributed by atoms with van der Waals surface area (Å²) in [5.41, 5.74) is 6.17. The lowest BCUT2D eigenvalue weighted by molar-refractivity contribution is 0.0696. The number of nitrogens with zero attached hydrogens (tertiary/aromatic N) is 3. The molecule has 176 valence electrons. The van der Waals surface area contributed by atoms with Gasteiger partial charge in [-0.2, -0.15) is 5.10 Å². The van der Waals surface area contributed by atoms with Crippen molar-refractivity contribution in [3.8, 4) is 5.75 Å². The molecule has 0 aliphatic carbocycles. The Morgan fingerprint density at radius 1 is 1.24 bits per heavy atom. The van der Waals surface area contributed by atoms with Crippen LogP contribution in [-0.4, -0.2) is 44.4 Å². The van der Waals surface area contributed by atoms with Gasteiger partial charge in [-0.05, 0) is 67.8 Å². The summed E-state index contributed by atoms with van der Waals surface area (Å²) in [4.78, 5) is 17.3. The van der Waals surface area contributed by atoms with E-state index in [1.54, 1.807) is 19.2 Å². The molecule has 1 saturated heterocycles. The van der Waals surface area contributed by atoms with Gasteiger partial charge in [0.2, 0.25) is 0 Å². The number of benzene rings is 2. The third kappa shape index (κ3) is 3.96. The highest BCUT2D eigenvalue weighted by Crippen LogP contribution is 2.42. The van der Waals surface area contributed by atoms with E-state index in [1.165, 1.54) is 16.6 Å². The first kappa shape index (κ1) is 22.2. The molecule has 1 aliphatic heterocycles. The Kier molecular flexibility index (Phi) is 5.87. The highest BCUT2D eigenvalue weighted by molar-refractivity contribution is 5.88. The summed E-state index contributed by atoms with van der Waals surface area (Å²) in [6.07, 6.45) is 5.82. The molecule has 1 unspecified atom stereocenters. The molecule has 0 saturated carbocycles. The maximum absolute atomic E-state index is 11.4. The van der Waals surface area contributed by atoms with Crippen LogP contribution in [0.1, 0.15) is 57.5 Å². The molecule has 2 N–H and O–H groups in total. The van der Waals surface area contributed by atoms with E-state index in [0.29, 0.717) is 11.5 Å². The van der Waals surface area contributed by atoms with Gasteiger partial charge in [0.25, 0.3) is 0 Å². The normalized spacial score (nSPS) is 18.9. The molecule has 0 spiro atoms. The smallest absolute Gasteiger partial charge is 0.335 e. The molecule has 0 radical (unpaired) electrons. The summed E-state index contributed by atoms with van der Waals surface area (Å²) >= 11 is 0. The first-order valence-electron chi connectivity index (χ1n) is 11.6. The number of likely N-dealkylation sites (tertiary alicyclic amines) is 1. The minimum atomic E-state index is -0.904. The van der Waals surface area contributed by atoms with Gasteiger partial charge in [0.15, 0.2) is 0 Å². The molecule has 1 fully saturated rings. The number of nitrogens with one attached hydrogen (secondary N) is 1. The van der Waals surface area contributed by atoms with Gasteiger partial charge in [-0.15, -0.1) is 0 Å². The number of rotatable bonds is 6. The van der Waals surface area contributed by atoms with Gasteiger partial charge >= 0.3 is 5.97 Å². The van der Waals surface area contributed by atoms with Crippen LogP contribution >= 0.6 is 0 Å². The molecular weight excluding hydrogens is 428 g/mol. The number of aromatic nitrogens is 3. The van der Waals surface area contributed by atoms with E-state index < -0.39 is 5.97 Å². The van der Waals surface area contributed by atoms with Crippen molar-refractivity contribution in [3.63, 3.8) is 0 Å². The summed E-state index contributed by atoms with van der Waals surface area (Å²) in [5.74, 6) is 0.387. The van der Waals surface area contributed by atoms with E-state index in [2.05, 4.69) is 40.1 Å². The lowest BCUT2D eigenvalue weighted by Gasteiger charge is -2.40. The Balaban J connectivity index is 1.52. The van der Waals surface area contributed by atoms with Crippen LogP contribution in [0.5, 0.6) is 5.75 Å². The van der Waals surface area contributed by atoms with Crippen LogP contribution in [0.2, 0.25) is 0 Å². The topological polar surface area (TPSA) is 83.4 Å². The molecule has 34 heavy (non-hydrogen) atoms. The van der Waals surface area contributed by atoms with Gasteiger partial charge < -0.3 is 14.8 Å². The van der Waals surface area contributed by atoms with E-state index >= 15 is 0 Å². The third-order valence-corrected chi connectivity index (χ3v) is 7.23. The zero-order valence-electron chi connectivity index (χ0n) is 19.8. The first-order chi connectivity index (χ1) is 16.5. The maximum atomic E-state index is 11.4. The SMILES string of the molecule is COc1cc(C)c2[nH]ccc2c1CN1CCC(c2ccnn2C)C[C@H]1c1ccc(C(=O)O)cc1. The average molecular weight is 459 g/mol. The minimum Gasteiger partial charge on any atom is -0.496 e. The van der Waals surface area contributed by atoms with Crippen LogP contribution in [-0.2, 0) is 13.6 Å². The predicted octanol–water partition coefficient (Wildman–Crippen LogP) is 5.04. The van der Waals surface area contributed by atoms with E-state index in [0.717, 1.165) is 48.3 Å². The number of H-pyrrole nitrogens is 1. The summed E-state index contributed by atoms with van der Waals surface area (Å²) in [6.45, 7) is 3.77. The van der Waals surface area contributed by atoms with Crippen LogP contribution in [0.25, 0.3) is 10.9 Å². The van der Waals surface area contributed by atoms with Gasteiger partial charge in [0, 0.05) is 60.1 Å². The molecule has 1 aliphatic rings. The van der Waals surface area contributed by atoms with E-state index in [1.807, 2.05) is 36.3 Å². The number of fused-ring (bicyclic) bond motifs is 1. The molecule has 3 heterocycles. The maximum Gasteiger partial charge on any atom is 0.335 e. The molecule has 7 nitrogen and oxygen atoms in total. The van der Waals surface area contributed by atoms with E-state index in [-0.39, 0.29) is 6.04 Å². The van der Waals surface area contributed by atoms with Crippen molar-refractivity contribution in [2.75, 3.05) is 13.7 Å². The summed E-state index contributed by atoms with van der Waals surface area (Å²) in [6, 6.07) is 13.8. The lowest BCUT2D eigenvalue weighted by atomic mass is 9.84. The number of hydrogen-bond acceptors (Lipinski definition) is 4. The van der Waals surface area contributed by atoms with Crippen LogP contribution in [0.4, 0.5) is 0 Å². The fourth-order valence-electron chi connectivity index (χ4n) is 5.44. The van der Waals surface area contributed by atoms with E-state index in [9.17, 15) is 9.90 Å². The Bertz CT molecular complexity index is 1320. The van der Waals surface area contributed by atoms with Crippen molar-refractivity contribution < 1.29 is 14.6 Å². The fourth-order valence-corrected chi connectivity index (χ4v) is 5.44. The number of carbonyl (C=O) groups is 1. The second-order valence-electron chi connectivity index (χ2n) is 9.16. The summed E-state index contributed by atoms with van der Waals surface area (Å²) in [7, 11) is 3.73. The second-order valence-corrected chi connectivity index (χ2v) is 9.16. The Morgan fingerprint density at radius 2 is 2.03 bits per heavy atom. The number of aromatic carboxylic acids is 1. The number of aromatic amines is 1. The number of ether oxygens (including phenoxy) is 1. The molecule has 2 aromatic heterocycles. The van der Waals surface area contributed by atoms with Gasteiger partial charge in [0.1, 0.15) is 5.75 Å². The molecule has 5 rings (SSSR count).